The first-order valence-electron chi connectivity index (χ1n) is 3.54. The van der Waals surface area contributed by atoms with Gasteiger partial charge in [0.1, 0.15) is 0 Å². The Kier molecular flexibility index (Phi) is 7.54. The Labute approximate surface area is 108 Å². The fourth-order valence-corrected chi connectivity index (χ4v) is 1.39. The van der Waals surface area contributed by atoms with Crippen molar-refractivity contribution in [3.05, 3.63) is 22.7 Å². The molecule has 2 atom stereocenters. The van der Waals surface area contributed by atoms with Gasteiger partial charge in [-0.25, -0.2) is 0 Å². The molecule has 1 aliphatic carbocycles. The van der Waals surface area contributed by atoms with Crippen LogP contribution in [0.25, 0.3) is 0 Å². The maximum absolute atomic E-state index is 9.61. The van der Waals surface area contributed by atoms with E-state index in [4.69, 9.17) is 0 Å². The fourth-order valence-electron chi connectivity index (χ4n) is 0.863. The summed E-state index contributed by atoms with van der Waals surface area (Å²) in [6.07, 6.45) is 5.68. The molecule has 13 heavy (non-hydrogen) atoms. The monoisotopic (exact) mass is 423 g/mol. The zero-order valence-corrected chi connectivity index (χ0v) is 12.9. The molecule has 0 spiro atoms. The van der Waals surface area contributed by atoms with E-state index in [2.05, 4.69) is 44.2 Å². The summed E-state index contributed by atoms with van der Waals surface area (Å²) in [5, 5.41) is 9.61. The first kappa shape index (κ1) is 14.4. The quantitative estimate of drug-likeness (QED) is 0.583. The van der Waals surface area contributed by atoms with E-state index in [-0.39, 0.29) is 5.92 Å². The van der Waals surface area contributed by atoms with E-state index in [0.29, 0.717) is 0 Å². The maximum atomic E-state index is 9.61. The van der Waals surface area contributed by atoms with E-state index < -0.39 is 5.60 Å². The van der Waals surface area contributed by atoms with Crippen LogP contribution in [-0.4, -0.2) is 10.7 Å². The molecule has 0 bridgehead atoms. The molecular weight excluding hydrogens is 415 g/mol. The zero-order chi connectivity index (χ0) is 10.5. The van der Waals surface area contributed by atoms with Gasteiger partial charge in [0, 0.05) is 10.4 Å². The molecular formula is C8H11Br3CuO. The Morgan fingerprint density at radius 2 is 2.00 bits per heavy atom. The summed E-state index contributed by atoms with van der Waals surface area (Å²) in [4.78, 5) is 0. The van der Waals surface area contributed by atoms with Crippen LogP contribution in [0.1, 0.15) is 13.8 Å². The van der Waals surface area contributed by atoms with Crippen molar-refractivity contribution in [1.29, 1.82) is 0 Å². The topological polar surface area (TPSA) is 20.2 Å². The second-order valence-electron chi connectivity index (χ2n) is 2.94. The second-order valence-corrected chi connectivity index (χ2v) is 8.61. The summed E-state index contributed by atoms with van der Waals surface area (Å²) >= 11 is 10.7. The number of halogens is 3. The van der Waals surface area contributed by atoms with Crippen molar-refractivity contribution in [2.45, 2.75) is 19.4 Å². The molecule has 0 radical (unpaired) electrons. The molecule has 0 saturated heterocycles. The summed E-state index contributed by atoms with van der Waals surface area (Å²) in [5.74, 6) is 0.187. The first-order valence-corrected chi connectivity index (χ1v) is 8.99. The predicted octanol–water partition coefficient (Wildman–Crippen LogP) is 3.91. The second kappa shape index (κ2) is 6.80. The minimum atomic E-state index is -0.669. The third kappa shape index (κ3) is 5.75. The number of allylic oxidation sites excluding steroid dienone is 2. The molecule has 81 valence electrons. The summed E-state index contributed by atoms with van der Waals surface area (Å²) in [6, 6.07) is 0. The Morgan fingerprint density at radius 3 is 2.31 bits per heavy atom. The van der Waals surface area contributed by atoms with Gasteiger partial charge in [-0.2, -0.15) is 0 Å². The van der Waals surface area contributed by atoms with Gasteiger partial charge in [0.05, 0.1) is 5.60 Å². The molecule has 2 unspecified atom stereocenters. The van der Waals surface area contributed by atoms with Crippen molar-refractivity contribution in [2.24, 2.45) is 5.92 Å². The molecule has 1 rings (SSSR count). The van der Waals surface area contributed by atoms with Gasteiger partial charge in [-0.1, -0.05) is 35.0 Å². The van der Waals surface area contributed by atoms with Gasteiger partial charge >= 0.3 is 39.6 Å². The normalized spacial score (nSPS) is 32.2. The average molecular weight is 426 g/mol. The van der Waals surface area contributed by atoms with Crippen LogP contribution in [0.4, 0.5) is 0 Å². The van der Waals surface area contributed by atoms with Crippen molar-refractivity contribution in [3.63, 3.8) is 0 Å². The Balaban J connectivity index is 0.000000424. The standard InChI is InChI=1S/C8H11BrO.2BrH.Cu/c1-6-5-7(9)3-4-8(6,2)10;;;/h3-6,10H,1-2H3;2*1H;/q;;;+2/p-2. The van der Waals surface area contributed by atoms with Crippen LogP contribution < -0.4 is 0 Å². The van der Waals surface area contributed by atoms with Gasteiger partial charge in [0.15, 0.2) is 0 Å². The van der Waals surface area contributed by atoms with E-state index in [1.807, 2.05) is 32.1 Å². The Morgan fingerprint density at radius 1 is 1.54 bits per heavy atom. The summed E-state index contributed by atoms with van der Waals surface area (Å²) < 4.78 is 1.05. The van der Waals surface area contributed by atoms with Gasteiger partial charge in [-0.3, -0.25) is 0 Å². The van der Waals surface area contributed by atoms with Gasteiger partial charge in [0.25, 0.3) is 0 Å². The Bertz CT molecular complexity index is 213. The van der Waals surface area contributed by atoms with Crippen LogP contribution in [-0.2, 0) is 11.3 Å². The summed E-state index contributed by atoms with van der Waals surface area (Å²) in [5.41, 5.74) is -0.669. The SMILES string of the molecule is CC1C=C(Br)C=CC1(C)O.[Br][Cu][Br]. The van der Waals surface area contributed by atoms with Crippen LogP contribution in [0.2, 0.25) is 0 Å². The summed E-state index contributed by atoms with van der Waals surface area (Å²) in [6.45, 7) is 3.80. The number of hydrogen-bond donors (Lipinski definition) is 1. The van der Waals surface area contributed by atoms with E-state index in [1.165, 1.54) is 11.3 Å². The zero-order valence-electron chi connectivity index (χ0n) is 7.19. The molecule has 0 aromatic heterocycles. The van der Waals surface area contributed by atoms with E-state index in [0.717, 1.165) is 4.48 Å². The minimum absolute atomic E-state index is 0.187. The molecule has 0 aliphatic heterocycles. The molecule has 1 N–H and O–H groups in total. The van der Waals surface area contributed by atoms with Crippen molar-refractivity contribution in [1.82, 2.24) is 0 Å². The van der Waals surface area contributed by atoms with Gasteiger partial charge in [0.2, 0.25) is 0 Å². The molecule has 0 heterocycles. The van der Waals surface area contributed by atoms with Crippen LogP contribution in [0.3, 0.4) is 0 Å². The fraction of sp³-hybridized carbons (Fsp3) is 0.500. The molecule has 0 fully saturated rings. The van der Waals surface area contributed by atoms with Crippen molar-refractivity contribution in [2.75, 3.05) is 0 Å². The third-order valence-corrected chi connectivity index (χ3v) is 2.44. The Hall–Kier alpha value is 1.40. The molecule has 0 saturated carbocycles. The average Bonchev–Trinajstić information content (AvgIpc) is 2.00. The van der Waals surface area contributed by atoms with Gasteiger partial charge in [-0.05, 0) is 13.0 Å². The van der Waals surface area contributed by atoms with Crippen LogP contribution in [0.15, 0.2) is 22.7 Å². The number of hydrogen-bond acceptors (Lipinski definition) is 1. The van der Waals surface area contributed by atoms with E-state index >= 15 is 0 Å². The van der Waals surface area contributed by atoms with Crippen LogP contribution >= 0.6 is 44.2 Å². The summed E-state index contributed by atoms with van der Waals surface area (Å²) in [7, 11) is 0. The molecule has 0 aromatic rings. The van der Waals surface area contributed by atoms with Crippen molar-refractivity contribution in [3.8, 4) is 0 Å². The van der Waals surface area contributed by atoms with Crippen molar-refractivity contribution >= 4 is 44.2 Å². The molecule has 0 aromatic carbocycles. The molecule has 0 amide bonds. The molecule has 1 nitrogen and oxygen atoms in total. The molecule has 1 aliphatic rings. The van der Waals surface area contributed by atoms with E-state index in [1.54, 1.807) is 0 Å². The third-order valence-electron chi connectivity index (χ3n) is 1.91. The van der Waals surface area contributed by atoms with Crippen LogP contribution in [0, 0.1) is 5.92 Å². The number of aliphatic hydroxyl groups is 1. The van der Waals surface area contributed by atoms with E-state index in [9.17, 15) is 5.11 Å². The number of rotatable bonds is 0. The van der Waals surface area contributed by atoms with Crippen LogP contribution in [0.5, 0.6) is 0 Å². The van der Waals surface area contributed by atoms with Gasteiger partial charge < -0.3 is 5.11 Å². The van der Waals surface area contributed by atoms with Crippen molar-refractivity contribution < 1.29 is 16.4 Å². The first-order chi connectivity index (χ1) is 5.94. The molecule has 5 heteroatoms. The predicted molar refractivity (Wildman–Crippen MR) is 63.8 cm³/mol. The van der Waals surface area contributed by atoms with Gasteiger partial charge in [-0.15, -0.1) is 0 Å².